The molecule has 1 amide bonds. The highest BCUT2D eigenvalue weighted by atomic mass is 35.5. The fourth-order valence-corrected chi connectivity index (χ4v) is 4.37. The number of nitrogens with zero attached hydrogens (tertiary/aromatic N) is 3. The van der Waals surface area contributed by atoms with Gasteiger partial charge in [0.05, 0.1) is 24.4 Å². The lowest BCUT2D eigenvalue weighted by Gasteiger charge is -2.26. The highest BCUT2D eigenvalue weighted by molar-refractivity contribution is 6.34. The Hall–Kier alpha value is -3.35. The summed E-state index contributed by atoms with van der Waals surface area (Å²) in [6.45, 7) is 4.09. The molecular weight excluding hydrogens is 471 g/mol. The Bertz CT molecular complexity index is 1250. The summed E-state index contributed by atoms with van der Waals surface area (Å²) in [6.07, 6.45) is 4.14. The van der Waals surface area contributed by atoms with Crippen molar-refractivity contribution < 1.29 is 9.53 Å². The Morgan fingerprint density at radius 3 is 2.53 bits per heavy atom. The summed E-state index contributed by atoms with van der Waals surface area (Å²) in [6, 6.07) is 14.9. The van der Waals surface area contributed by atoms with Crippen LogP contribution in [0.2, 0.25) is 10.2 Å². The molecule has 0 aliphatic heterocycles. The molecule has 0 saturated heterocycles. The summed E-state index contributed by atoms with van der Waals surface area (Å²) in [4.78, 5) is 23.9. The third-order valence-corrected chi connectivity index (χ3v) is 5.94. The highest BCUT2D eigenvalue weighted by Gasteiger charge is 2.26. The maximum atomic E-state index is 13.8. The predicted molar refractivity (Wildman–Crippen MR) is 137 cm³/mol. The second-order valence-electron chi connectivity index (χ2n) is 7.95. The Morgan fingerprint density at radius 1 is 1.09 bits per heavy atom. The van der Waals surface area contributed by atoms with Gasteiger partial charge in [-0.15, -0.1) is 0 Å². The van der Waals surface area contributed by atoms with Crippen molar-refractivity contribution in [2.45, 2.75) is 26.8 Å². The third-order valence-electron chi connectivity index (χ3n) is 5.44. The van der Waals surface area contributed by atoms with Gasteiger partial charge < -0.3 is 15.0 Å². The number of allylic oxidation sites excluding steroid dienone is 3. The first-order valence-electron chi connectivity index (χ1n) is 10.7. The summed E-state index contributed by atoms with van der Waals surface area (Å²) in [5.41, 5.74) is 4.07. The van der Waals surface area contributed by atoms with Gasteiger partial charge in [0.25, 0.3) is 5.91 Å². The highest BCUT2D eigenvalue weighted by Crippen LogP contribution is 2.34. The Kier molecular flexibility index (Phi) is 7.20. The van der Waals surface area contributed by atoms with E-state index in [0.29, 0.717) is 46.0 Å². The fourth-order valence-electron chi connectivity index (χ4n) is 3.82. The lowest BCUT2D eigenvalue weighted by molar-refractivity contribution is -0.115. The van der Waals surface area contributed by atoms with Crippen LogP contribution >= 0.6 is 23.2 Å². The molecule has 34 heavy (non-hydrogen) atoms. The summed E-state index contributed by atoms with van der Waals surface area (Å²) < 4.78 is 5.26. The minimum atomic E-state index is -0.114. The number of amides is 1. The van der Waals surface area contributed by atoms with Gasteiger partial charge in [0.1, 0.15) is 22.5 Å². The van der Waals surface area contributed by atoms with E-state index >= 15 is 0 Å². The van der Waals surface area contributed by atoms with Crippen molar-refractivity contribution in [1.29, 1.82) is 0 Å². The summed E-state index contributed by atoms with van der Waals surface area (Å²) in [5, 5.41) is 4.12. The average Bonchev–Trinajstić information content (AvgIpc) is 3.26. The number of nitrogens with one attached hydrogen (secondary N) is 1. The number of rotatable bonds is 7. The molecule has 0 bridgehead atoms. The number of hydrogen-bond acceptors (Lipinski definition) is 5. The topological polar surface area (TPSA) is 67.3 Å². The van der Waals surface area contributed by atoms with E-state index in [0.717, 1.165) is 22.6 Å². The first kappa shape index (κ1) is 23.8. The molecule has 2 aromatic carbocycles. The van der Waals surface area contributed by atoms with Crippen LogP contribution in [0.15, 0.2) is 72.0 Å². The number of methoxy groups -OCH3 is 1. The number of ether oxygens (including phenoxy) is 1. The molecule has 1 aliphatic carbocycles. The number of carbonyl (C=O) groups is 1. The first-order chi connectivity index (χ1) is 16.3. The van der Waals surface area contributed by atoms with Crippen LogP contribution in [0.25, 0.3) is 0 Å². The third kappa shape index (κ3) is 5.41. The number of anilines is 2. The lowest BCUT2D eigenvalue weighted by atomic mass is 10.1. The van der Waals surface area contributed by atoms with Crippen LogP contribution in [0.4, 0.5) is 11.5 Å². The average molecular weight is 495 g/mol. The second kappa shape index (κ2) is 10.3. The molecule has 6 nitrogen and oxygen atoms in total. The normalized spacial score (nSPS) is 12.7. The zero-order valence-electron chi connectivity index (χ0n) is 19.1. The summed E-state index contributed by atoms with van der Waals surface area (Å²) in [5.74, 6) is 1.80. The van der Waals surface area contributed by atoms with E-state index in [1.165, 1.54) is 0 Å². The molecule has 4 rings (SSSR count). The number of aryl methyl sites for hydroxylation is 2. The van der Waals surface area contributed by atoms with E-state index in [-0.39, 0.29) is 5.91 Å². The van der Waals surface area contributed by atoms with Gasteiger partial charge in [0.2, 0.25) is 0 Å². The van der Waals surface area contributed by atoms with E-state index in [4.69, 9.17) is 27.9 Å². The van der Waals surface area contributed by atoms with E-state index in [1.807, 2.05) is 55.5 Å². The monoisotopic (exact) mass is 494 g/mol. The molecule has 1 aromatic heterocycles. The van der Waals surface area contributed by atoms with Crippen molar-refractivity contribution in [1.82, 2.24) is 9.97 Å². The molecule has 3 aromatic rings. The number of para-hydroxylation sites is 1. The van der Waals surface area contributed by atoms with Crippen molar-refractivity contribution in [2.75, 3.05) is 17.3 Å². The van der Waals surface area contributed by atoms with Gasteiger partial charge in [-0.05, 0) is 49.2 Å². The first-order valence-corrected chi connectivity index (χ1v) is 11.5. The van der Waals surface area contributed by atoms with E-state index in [9.17, 15) is 4.79 Å². The van der Waals surface area contributed by atoms with Crippen molar-refractivity contribution in [3.05, 3.63) is 99.1 Å². The van der Waals surface area contributed by atoms with Gasteiger partial charge in [-0.2, -0.15) is 0 Å². The predicted octanol–water partition coefficient (Wildman–Crippen LogP) is 6.27. The number of benzene rings is 2. The molecule has 174 valence electrons. The molecule has 0 fully saturated rings. The SMILES string of the molecule is COc1ccc(CN(C(=O)C2=CC=C(Nc3cc(Cl)nc(C)n3)C2)c2c(C)cccc2Cl)cc1. The molecule has 0 spiro atoms. The lowest BCUT2D eigenvalue weighted by Crippen LogP contribution is -2.32. The van der Waals surface area contributed by atoms with Gasteiger partial charge >= 0.3 is 0 Å². The van der Waals surface area contributed by atoms with Crippen LogP contribution < -0.4 is 15.0 Å². The minimum absolute atomic E-state index is 0.114. The standard InChI is InChI=1S/C26H24Cl2N4O2/c1-16-5-4-6-22(27)25(16)32(15-18-7-11-21(34-3)12-8-18)26(33)19-9-10-20(13-19)31-24-14-23(28)29-17(2)30-24/h4-12,14H,13,15H2,1-3H3,(H,29,30,31). The molecule has 0 unspecified atom stereocenters. The van der Waals surface area contributed by atoms with Crippen molar-refractivity contribution in [3.8, 4) is 5.75 Å². The van der Waals surface area contributed by atoms with Crippen LogP contribution in [0.3, 0.4) is 0 Å². The largest absolute Gasteiger partial charge is 0.497 e. The number of halogens is 2. The van der Waals surface area contributed by atoms with Crippen molar-refractivity contribution in [2.24, 2.45) is 0 Å². The molecule has 0 radical (unpaired) electrons. The Labute approximate surface area is 208 Å². The molecule has 0 saturated carbocycles. The second-order valence-corrected chi connectivity index (χ2v) is 8.75. The van der Waals surface area contributed by atoms with Crippen LogP contribution in [0.5, 0.6) is 5.75 Å². The molecule has 1 N–H and O–H groups in total. The maximum Gasteiger partial charge on any atom is 0.254 e. The van der Waals surface area contributed by atoms with Gasteiger partial charge in [-0.3, -0.25) is 4.79 Å². The van der Waals surface area contributed by atoms with E-state index in [1.54, 1.807) is 31.1 Å². The van der Waals surface area contributed by atoms with Crippen LogP contribution in [0.1, 0.15) is 23.4 Å². The van der Waals surface area contributed by atoms with Crippen molar-refractivity contribution >= 4 is 40.6 Å². The summed E-state index contributed by atoms with van der Waals surface area (Å²) >= 11 is 12.6. The Morgan fingerprint density at radius 2 is 1.85 bits per heavy atom. The zero-order chi connectivity index (χ0) is 24.2. The van der Waals surface area contributed by atoms with Gasteiger partial charge in [0, 0.05) is 23.8 Å². The smallest absolute Gasteiger partial charge is 0.254 e. The minimum Gasteiger partial charge on any atom is -0.497 e. The van der Waals surface area contributed by atoms with Gasteiger partial charge in [-0.1, -0.05) is 53.5 Å². The van der Waals surface area contributed by atoms with Crippen LogP contribution in [0, 0.1) is 13.8 Å². The zero-order valence-corrected chi connectivity index (χ0v) is 20.6. The molecule has 8 heteroatoms. The number of carbonyl (C=O) groups excluding carboxylic acids is 1. The number of hydrogen-bond donors (Lipinski definition) is 1. The fraction of sp³-hybridized carbons (Fsp3) is 0.192. The van der Waals surface area contributed by atoms with Crippen molar-refractivity contribution in [3.63, 3.8) is 0 Å². The summed E-state index contributed by atoms with van der Waals surface area (Å²) in [7, 11) is 1.62. The molecular formula is C26H24Cl2N4O2. The molecule has 1 heterocycles. The molecule has 0 atom stereocenters. The van der Waals surface area contributed by atoms with E-state index in [2.05, 4.69) is 15.3 Å². The van der Waals surface area contributed by atoms with E-state index < -0.39 is 0 Å². The maximum absolute atomic E-state index is 13.8. The van der Waals surface area contributed by atoms with Gasteiger partial charge in [-0.25, -0.2) is 9.97 Å². The van der Waals surface area contributed by atoms with Crippen LogP contribution in [-0.2, 0) is 11.3 Å². The molecule has 1 aliphatic rings. The number of aromatic nitrogens is 2. The Balaban J connectivity index is 1.57. The van der Waals surface area contributed by atoms with Crippen LogP contribution in [-0.4, -0.2) is 23.0 Å². The van der Waals surface area contributed by atoms with Gasteiger partial charge in [0.15, 0.2) is 0 Å². The quantitative estimate of drug-likeness (QED) is 0.392.